The zero-order chi connectivity index (χ0) is 24.9. The van der Waals surface area contributed by atoms with Gasteiger partial charge in [0, 0.05) is 56.9 Å². The molecule has 1 N–H and O–H groups in total. The average Bonchev–Trinajstić information content (AvgIpc) is 3.21. The molecule has 0 radical (unpaired) electrons. The molecule has 0 bridgehead atoms. The summed E-state index contributed by atoms with van der Waals surface area (Å²) in [6, 6.07) is 7.86. The molecule has 1 unspecified atom stereocenters. The first kappa shape index (κ1) is 25.2. The molecule has 2 aliphatic rings. The third kappa shape index (κ3) is 5.67. The van der Waals surface area contributed by atoms with E-state index in [0.29, 0.717) is 64.3 Å². The van der Waals surface area contributed by atoms with Crippen molar-refractivity contribution in [3.63, 3.8) is 0 Å². The van der Waals surface area contributed by atoms with Gasteiger partial charge in [-0.05, 0) is 44.4 Å². The second-order valence-corrected chi connectivity index (χ2v) is 9.36. The van der Waals surface area contributed by atoms with Gasteiger partial charge >= 0.3 is 0 Å². The van der Waals surface area contributed by atoms with Crippen LogP contribution in [0.25, 0.3) is 0 Å². The van der Waals surface area contributed by atoms with Crippen LogP contribution in [0.15, 0.2) is 24.3 Å². The zero-order valence-electron chi connectivity index (χ0n) is 21.1. The summed E-state index contributed by atoms with van der Waals surface area (Å²) < 4.78 is 7.30. The van der Waals surface area contributed by atoms with Crippen molar-refractivity contribution in [2.24, 2.45) is 0 Å². The molecule has 1 saturated heterocycles. The molecule has 1 aromatic heterocycles. The number of likely N-dealkylation sites (tertiary alicyclic amines) is 1. The molecular formula is C26H37N5O4. The number of likely N-dealkylation sites (N-methyl/N-ethyl adjacent to an activating group) is 1. The van der Waals surface area contributed by atoms with Crippen LogP contribution in [0.2, 0.25) is 0 Å². The quantitative estimate of drug-likeness (QED) is 0.615. The van der Waals surface area contributed by atoms with E-state index in [1.807, 2.05) is 47.7 Å². The van der Waals surface area contributed by atoms with Crippen molar-refractivity contribution in [2.45, 2.75) is 52.3 Å². The molecular weight excluding hydrogens is 446 g/mol. The molecule has 2 aliphatic heterocycles. The van der Waals surface area contributed by atoms with Crippen LogP contribution in [-0.4, -0.2) is 93.9 Å². The molecule has 4 rings (SSSR count). The van der Waals surface area contributed by atoms with E-state index < -0.39 is 6.10 Å². The fraction of sp³-hybridized carbons (Fsp3) is 0.577. The Morgan fingerprint density at radius 1 is 1.23 bits per heavy atom. The average molecular weight is 484 g/mol. The number of carbonyl (C=O) groups is 2. The maximum Gasteiger partial charge on any atom is 0.274 e. The number of amides is 2. The summed E-state index contributed by atoms with van der Waals surface area (Å²) in [5, 5.41) is 14.9. The number of aliphatic hydroxyl groups is 1. The molecule has 0 saturated carbocycles. The molecule has 0 aliphatic carbocycles. The van der Waals surface area contributed by atoms with Crippen LogP contribution in [0.4, 0.5) is 0 Å². The number of hydrogen-bond acceptors (Lipinski definition) is 6. The van der Waals surface area contributed by atoms with Gasteiger partial charge < -0.3 is 19.6 Å². The summed E-state index contributed by atoms with van der Waals surface area (Å²) in [5.74, 6) is 0.749. The predicted molar refractivity (Wildman–Crippen MR) is 132 cm³/mol. The van der Waals surface area contributed by atoms with Crippen LogP contribution in [0.1, 0.15) is 54.0 Å². The monoisotopic (exact) mass is 483 g/mol. The van der Waals surface area contributed by atoms with E-state index in [9.17, 15) is 14.7 Å². The van der Waals surface area contributed by atoms with Crippen LogP contribution < -0.4 is 4.74 Å². The van der Waals surface area contributed by atoms with Gasteiger partial charge in [0.1, 0.15) is 5.75 Å². The summed E-state index contributed by atoms with van der Waals surface area (Å²) in [6.45, 7) is 8.42. The Kier molecular flexibility index (Phi) is 8.07. The topological polar surface area (TPSA) is 91.1 Å². The van der Waals surface area contributed by atoms with Crippen LogP contribution in [-0.2, 0) is 24.3 Å². The Morgan fingerprint density at radius 2 is 2.03 bits per heavy atom. The predicted octanol–water partition coefficient (Wildman–Crippen LogP) is 1.76. The molecule has 2 amide bonds. The maximum atomic E-state index is 13.5. The first-order chi connectivity index (χ1) is 16.9. The number of methoxy groups -OCH3 is 1. The molecule has 1 aromatic carbocycles. The number of nitrogens with zero attached hydrogens (tertiary/aromatic N) is 5. The molecule has 190 valence electrons. The van der Waals surface area contributed by atoms with Crippen molar-refractivity contribution < 1.29 is 19.4 Å². The number of fused-ring (bicyclic) bond motifs is 1. The van der Waals surface area contributed by atoms with E-state index in [2.05, 4.69) is 4.90 Å². The van der Waals surface area contributed by atoms with E-state index in [0.717, 1.165) is 35.5 Å². The summed E-state index contributed by atoms with van der Waals surface area (Å²) in [5.41, 5.74) is 3.43. The van der Waals surface area contributed by atoms with Gasteiger partial charge in [0.25, 0.3) is 5.91 Å². The lowest BCUT2D eigenvalue weighted by Crippen LogP contribution is -2.44. The van der Waals surface area contributed by atoms with E-state index >= 15 is 0 Å². The van der Waals surface area contributed by atoms with Gasteiger partial charge in [0.2, 0.25) is 5.91 Å². The van der Waals surface area contributed by atoms with E-state index in [1.54, 1.807) is 12.0 Å². The standard InChI is InChI=1S/C26H37N5O4/c1-4-29(5-2)24(33)18-28-13-11-23-22(17-28)25(26(34)30-12-7-9-20(32)16-30)27-31(23)15-19-8-6-10-21(14-19)35-3/h6,8,10,14,20,32H,4-5,7,9,11-13,15-18H2,1-3H3. The minimum Gasteiger partial charge on any atom is -0.497 e. The second-order valence-electron chi connectivity index (χ2n) is 9.36. The highest BCUT2D eigenvalue weighted by Gasteiger charge is 2.33. The molecule has 1 fully saturated rings. The van der Waals surface area contributed by atoms with Crippen molar-refractivity contribution in [3.05, 3.63) is 46.8 Å². The highest BCUT2D eigenvalue weighted by Crippen LogP contribution is 2.26. The van der Waals surface area contributed by atoms with Crippen molar-refractivity contribution in [3.8, 4) is 5.75 Å². The Morgan fingerprint density at radius 3 is 2.74 bits per heavy atom. The minimum absolute atomic E-state index is 0.106. The number of carbonyl (C=O) groups excluding carboxylic acids is 2. The lowest BCUT2D eigenvalue weighted by molar-refractivity contribution is -0.132. The van der Waals surface area contributed by atoms with Crippen LogP contribution in [0.5, 0.6) is 5.75 Å². The first-order valence-corrected chi connectivity index (χ1v) is 12.6. The maximum absolute atomic E-state index is 13.5. The molecule has 9 heteroatoms. The number of rotatable bonds is 8. The number of benzene rings is 1. The number of ether oxygens (including phenoxy) is 1. The number of hydrogen-bond donors (Lipinski definition) is 1. The highest BCUT2D eigenvalue weighted by molar-refractivity contribution is 5.94. The Labute approximate surface area is 207 Å². The number of β-amino-alcohol motifs (C(OH)–C–C–N with tert-alkyl or cyclic N) is 1. The van der Waals surface area contributed by atoms with Crippen LogP contribution in [0.3, 0.4) is 0 Å². The smallest absolute Gasteiger partial charge is 0.274 e. The molecule has 9 nitrogen and oxygen atoms in total. The third-order valence-electron chi connectivity index (χ3n) is 7.04. The van der Waals surface area contributed by atoms with Gasteiger partial charge in [-0.2, -0.15) is 5.10 Å². The molecule has 2 aromatic rings. The fourth-order valence-electron chi connectivity index (χ4n) is 5.08. The van der Waals surface area contributed by atoms with Crippen LogP contribution in [0, 0.1) is 0 Å². The van der Waals surface area contributed by atoms with Crippen molar-refractivity contribution >= 4 is 11.8 Å². The van der Waals surface area contributed by atoms with Gasteiger partial charge in [0.15, 0.2) is 5.69 Å². The molecule has 1 atom stereocenters. The minimum atomic E-state index is -0.495. The Bertz CT molecular complexity index is 1050. The summed E-state index contributed by atoms with van der Waals surface area (Å²) in [4.78, 5) is 31.9. The third-order valence-corrected chi connectivity index (χ3v) is 7.04. The van der Waals surface area contributed by atoms with Crippen molar-refractivity contribution in [1.29, 1.82) is 0 Å². The van der Waals surface area contributed by atoms with Gasteiger partial charge in [-0.25, -0.2) is 0 Å². The van der Waals surface area contributed by atoms with E-state index in [1.165, 1.54) is 0 Å². The summed E-state index contributed by atoms with van der Waals surface area (Å²) >= 11 is 0. The summed E-state index contributed by atoms with van der Waals surface area (Å²) in [7, 11) is 1.65. The van der Waals surface area contributed by atoms with Gasteiger partial charge in [-0.3, -0.25) is 19.2 Å². The van der Waals surface area contributed by atoms with Gasteiger partial charge in [-0.1, -0.05) is 12.1 Å². The van der Waals surface area contributed by atoms with Crippen LogP contribution >= 0.6 is 0 Å². The Balaban J connectivity index is 1.62. The largest absolute Gasteiger partial charge is 0.497 e. The lowest BCUT2D eigenvalue weighted by Gasteiger charge is -2.31. The highest BCUT2D eigenvalue weighted by atomic mass is 16.5. The Hall–Kier alpha value is -2.91. The fourth-order valence-corrected chi connectivity index (χ4v) is 5.08. The lowest BCUT2D eigenvalue weighted by atomic mass is 10.0. The number of aromatic nitrogens is 2. The number of aliphatic hydroxyl groups excluding tert-OH is 1. The van der Waals surface area contributed by atoms with E-state index in [-0.39, 0.29) is 11.8 Å². The van der Waals surface area contributed by atoms with E-state index in [4.69, 9.17) is 9.84 Å². The molecule has 3 heterocycles. The first-order valence-electron chi connectivity index (χ1n) is 12.6. The second kappa shape index (κ2) is 11.2. The normalized spacial score (nSPS) is 18.3. The zero-order valence-corrected chi connectivity index (χ0v) is 21.1. The van der Waals surface area contributed by atoms with Crippen molar-refractivity contribution in [1.82, 2.24) is 24.5 Å². The van der Waals surface area contributed by atoms with Gasteiger partial charge in [-0.15, -0.1) is 0 Å². The molecule has 35 heavy (non-hydrogen) atoms. The van der Waals surface area contributed by atoms with Gasteiger partial charge in [0.05, 0.1) is 26.3 Å². The number of piperidine rings is 1. The van der Waals surface area contributed by atoms with Crippen molar-refractivity contribution in [2.75, 3.05) is 46.4 Å². The molecule has 0 spiro atoms. The summed E-state index contributed by atoms with van der Waals surface area (Å²) in [6.07, 6.45) is 1.72. The SMILES string of the molecule is CCN(CC)C(=O)CN1CCc2c(c(C(=O)N3CCCC(O)C3)nn2Cc2cccc(OC)c2)C1.